The van der Waals surface area contributed by atoms with Crippen molar-refractivity contribution in [1.82, 2.24) is 9.97 Å². The zero-order valence-electron chi connectivity index (χ0n) is 10.3. The van der Waals surface area contributed by atoms with Crippen molar-refractivity contribution in [3.05, 3.63) is 18.1 Å². The first kappa shape index (κ1) is 11.4. The van der Waals surface area contributed by atoms with Gasteiger partial charge in [0.05, 0.1) is 0 Å². The summed E-state index contributed by atoms with van der Waals surface area (Å²) in [7, 11) is 0. The van der Waals surface area contributed by atoms with E-state index in [2.05, 4.69) is 35.2 Å². The molecule has 1 aromatic rings. The van der Waals surface area contributed by atoms with Gasteiger partial charge in [-0.1, -0.05) is 26.2 Å². The minimum atomic E-state index is 0.248. The lowest BCUT2D eigenvalue weighted by molar-refractivity contribution is 0.530. The van der Waals surface area contributed by atoms with E-state index < -0.39 is 0 Å². The third-order valence-electron chi connectivity index (χ3n) is 3.37. The quantitative estimate of drug-likeness (QED) is 0.845. The molecule has 0 aliphatic heterocycles. The van der Waals surface area contributed by atoms with Crippen LogP contribution < -0.4 is 5.32 Å². The fourth-order valence-corrected chi connectivity index (χ4v) is 2.45. The molecule has 1 heterocycles. The molecule has 16 heavy (non-hydrogen) atoms. The molecule has 0 unspecified atom stereocenters. The van der Waals surface area contributed by atoms with Crippen molar-refractivity contribution < 1.29 is 0 Å². The number of hydrogen-bond acceptors (Lipinski definition) is 3. The van der Waals surface area contributed by atoms with Gasteiger partial charge in [-0.15, -0.1) is 0 Å². The van der Waals surface area contributed by atoms with Crippen molar-refractivity contribution in [2.24, 2.45) is 0 Å². The van der Waals surface area contributed by atoms with Crippen molar-refractivity contribution in [2.75, 3.05) is 5.32 Å². The van der Waals surface area contributed by atoms with E-state index >= 15 is 0 Å². The summed E-state index contributed by atoms with van der Waals surface area (Å²) in [5.74, 6) is 0.989. The van der Waals surface area contributed by atoms with Crippen molar-refractivity contribution in [3.63, 3.8) is 0 Å². The van der Waals surface area contributed by atoms with Crippen LogP contribution in [0.25, 0.3) is 0 Å². The lowest BCUT2D eigenvalue weighted by Crippen LogP contribution is -2.31. The molecule has 2 rings (SSSR count). The summed E-state index contributed by atoms with van der Waals surface area (Å²) in [5.41, 5.74) is 1.39. The second-order valence-corrected chi connectivity index (χ2v) is 5.04. The third-order valence-corrected chi connectivity index (χ3v) is 3.37. The van der Waals surface area contributed by atoms with Crippen molar-refractivity contribution in [1.29, 1.82) is 0 Å². The Labute approximate surface area is 97.7 Å². The zero-order valence-corrected chi connectivity index (χ0v) is 10.3. The Hall–Kier alpha value is -1.12. The van der Waals surface area contributed by atoms with Crippen LogP contribution in [0.1, 0.15) is 51.6 Å². The molecule has 3 nitrogen and oxygen atoms in total. The normalized spacial score (nSPS) is 18.6. The molecule has 0 radical (unpaired) electrons. The van der Waals surface area contributed by atoms with Gasteiger partial charge in [0.25, 0.3) is 0 Å². The fourth-order valence-electron chi connectivity index (χ4n) is 2.45. The summed E-state index contributed by atoms with van der Waals surface area (Å²) in [6.45, 7) is 4.47. The van der Waals surface area contributed by atoms with Crippen LogP contribution in [0.5, 0.6) is 0 Å². The molecule has 0 aromatic carbocycles. The highest BCUT2D eigenvalue weighted by Crippen LogP contribution is 2.31. The Bertz CT molecular complexity index is 343. The number of anilines is 1. The van der Waals surface area contributed by atoms with E-state index in [9.17, 15) is 0 Å². The number of nitrogens with zero attached hydrogens (tertiary/aromatic N) is 2. The molecule has 0 amide bonds. The van der Waals surface area contributed by atoms with Gasteiger partial charge in [-0.25, -0.2) is 9.97 Å². The second kappa shape index (κ2) is 4.81. The van der Waals surface area contributed by atoms with Crippen LogP contribution in [-0.2, 0) is 6.42 Å². The number of aryl methyl sites for hydroxylation is 1. The maximum atomic E-state index is 4.31. The van der Waals surface area contributed by atoms with Gasteiger partial charge in [-0.3, -0.25) is 0 Å². The standard InChI is InChI=1S/C13H21N3/c1-3-6-11-9-12(15-10-14-11)16-13(2)7-4-5-8-13/h9-10H,3-8H2,1-2H3,(H,14,15,16). The summed E-state index contributed by atoms with van der Waals surface area (Å²) in [6, 6.07) is 2.09. The molecule has 0 saturated heterocycles. The van der Waals surface area contributed by atoms with E-state index in [-0.39, 0.29) is 5.54 Å². The van der Waals surface area contributed by atoms with Gasteiger partial charge >= 0.3 is 0 Å². The molecule has 1 fully saturated rings. The largest absolute Gasteiger partial charge is 0.365 e. The summed E-state index contributed by atoms with van der Waals surface area (Å²) in [4.78, 5) is 8.58. The molecule has 0 spiro atoms. The van der Waals surface area contributed by atoms with Crippen LogP contribution in [0, 0.1) is 0 Å². The highest BCUT2D eigenvalue weighted by atomic mass is 15.1. The van der Waals surface area contributed by atoms with E-state index in [0.717, 1.165) is 24.4 Å². The average Bonchev–Trinajstić information content (AvgIpc) is 2.66. The number of rotatable bonds is 4. The van der Waals surface area contributed by atoms with Crippen LogP contribution in [-0.4, -0.2) is 15.5 Å². The molecule has 3 heteroatoms. The van der Waals surface area contributed by atoms with Crippen molar-refractivity contribution in [2.45, 2.75) is 57.9 Å². The highest BCUT2D eigenvalue weighted by Gasteiger charge is 2.28. The van der Waals surface area contributed by atoms with Crippen molar-refractivity contribution in [3.8, 4) is 0 Å². The number of hydrogen-bond donors (Lipinski definition) is 1. The first-order valence-corrected chi connectivity index (χ1v) is 6.31. The molecule has 88 valence electrons. The van der Waals surface area contributed by atoms with Crippen molar-refractivity contribution >= 4 is 5.82 Å². The Kier molecular flexibility index (Phi) is 3.42. The molecule has 1 aliphatic rings. The maximum absolute atomic E-state index is 4.31. The van der Waals surface area contributed by atoms with Crippen LogP contribution in [0.4, 0.5) is 5.82 Å². The predicted molar refractivity (Wildman–Crippen MR) is 66.5 cm³/mol. The summed E-state index contributed by atoms with van der Waals surface area (Å²) in [5, 5.41) is 3.56. The Morgan fingerprint density at radius 2 is 2.06 bits per heavy atom. The molecule has 1 aliphatic carbocycles. The maximum Gasteiger partial charge on any atom is 0.130 e. The molecule has 1 N–H and O–H groups in total. The molecule has 1 aromatic heterocycles. The fraction of sp³-hybridized carbons (Fsp3) is 0.692. The first-order valence-electron chi connectivity index (χ1n) is 6.31. The van der Waals surface area contributed by atoms with Gasteiger partial charge in [0.2, 0.25) is 0 Å². The molecule has 0 bridgehead atoms. The minimum absolute atomic E-state index is 0.248. The average molecular weight is 219 g/mol. The summed E-state index contributed by atoms with van der Waals surface area (Å²) in [6.07, 6.45) is 9.00. The van der Waals surface area contributed by atoms with Crippen LogP contribution in [0.2, 0.25) is 0 Å². The second-order valence-electron chi connectivity index (χ2n) is 5.04. The lowest BCUT2D eigenvalue weighted by Gasteiger charge is -2.25. The van der Waals surface area contributed by atoms with E-state index in [0.29, 0.717) is 0 Å². The molecule has 1 saturated carbocycles. The third kappa shape index (κ3) is 2.71. The van der Waals surface area contributed by atoms with E-state index in [1.54, 1.807) is 6.33 Å². The van der Waals surface area contributed by atoms with Gasteiger partial charge in [0.15, 0.2) is 0 Å². The molecule has 0 atom stereocenters. The Morgan fingerprint density at radius 1 is 1.31 bits per heavy atom. The summed E-state index contributed by atoms with van der Waals surface area (Å²) >= 11 is 0. The smallest absolute Gasteiger partial charge is 0.130 e. The number of aromatic nitrogens is 2. The SMILES string of the molecule is CCCc1cc(NC2(C)CCCC2)ncn1. The molecular weight excluding hydrogens is 198 g/mol. The number of nitrogens with one attached hydrogen (secondary N) is 1. The molecular formula is C13H21N3. The summed E-state index contributed by atoms with van der Waals surface area (Å²) < 4.78 is 0. The van der Waals surface area contributed by atoms with Gasteiger partial charge in [0.1, 0.15) is 12.1 Å². The monoisotopic (exact) mass is 219 g/mol. The van der Waals surface area contributed by atoms with Gasteiger partial charge in [-0.2, -0.15) is 0 Å². The lowest BCUT2D eigenvalue weighted by atomic mass is 10.0. The van der Waals surface area contributed by atoms with Gasteiger partial charge in [0, 0.05) is 17.3 Å². The predicted octanol–water partition coefficient (Wildman–Crippen LogP) is 3.17. The Balaban J connectivity index is 2.05. The van der Waals surface area contributed by atoms with Gasteiger partial charge in [-0.05, 0) is 26.2 Å². The van der Waals surface area contributed by atoms with Gasteiger partial charge < -0.3 is 5.32 Å². The van der Waals surface area contributed by atoms with E-state index in [1.165, 1.54) is 25.7 Å². The Morgan fingerprint density at radius 3 is 2.75 bits per heavy atom. The van der Waals surface area contributed by atoms with Crippen LogP contribution >= 0.6 is 0 Å². The zero-order chi connectivity index (χ0) is 11.4. The van der Waals surface area contributed by atoms with Crippen LogP contribution in [0.15, 0.2) is 12.4 Å². The van der Waals surface area contributed by atoms with Crippen LogP contribution in [0.3, 0.4) is 0 Å². The first-order chi connectivity index (χ1) is 7.72. The minimum Gasteiger partial charge on any atom is -0.365 e. The highest BCUT2D eigenvalue weighted by molar-refractivity contribution is 5.38. The van der Waals surface area contributed by atoms with E-state index in [1.807, 2.05) is 0 Å². The topological polar surface area (TPSA) is 37.8 Å². The van der Waals surface area contributed by atoms with E-state index in [4.69, 9.17) is 0 Å².